The van der Waals surface area contributed by atoms with Gasteiger partial charge in [0, 0.05) is 32.3 Å². The number of amidine groups is 1. The highest BCUT2D eigenvalue weighted by Crippen LogP contribution is 2.17. The second kappa shape index (κ2) is 8.91. The molecular weight excluding hydrogens is 304 g/mol. The standard InChI is InChI=1S/C14H25BrN4/c1-7-10(4)8-11(16)12(13(15)17-5)14(18-6)19-9(2)3/h9H,4,7-8,16H2,1-3,5-6H3,(H,18,19)/b12-11+,17-13?. The summed E-state index contributed by atoms with van der Waals surface area (Å²) in [5, 5.41) is 3.29. The van der Waals surface area contributed by atoms with Crippen molar-refractivity contribution in [2.45, 2.75) is 39.7 Å². The lowest BCUT2D eigenvalue weighted by Gasteiger charge is -2.17. The summed E-state index contributed by atoms with van der Waals surface area (Å²) in [6.07, 6.45) is 1.56. The molecule has 4 nitrogen and oxygen atoms in total. The fourth-order valence-corrected chi connectivity index (χ4v) is 1.94. The zero-order chi connectivity index (χ0) is 15.0. The molecule has 0 saturated carbocycles. The fourth-order valence-electron chi connectivity index (χ4n) is 1.50. The molecule has 0 aliphatic carbocycles. The van der Waals surface area contributed by atoms with Gasteiger partial charge in [0.15, 0.2) is 0 Å². The molecule has 0 fully saturated rings. The van der Waals surface area contributed by atoms with Crippen LogP contribution in [0.1, 0.15) is 33.6 Å². The van der Waals surface area contributed by atoms with Crippen LogP contribution in [0, 0.1) is 0 Å². The number of nitrogens with one attached hydrogen (secondary N) is 1. The summed E-state index contributed by atoms with van der Waals surface area (Å²) in [5.41, 5.74) is 8.83. The highest BCUT2D eigenvalue weighted by atomic mass is 79.9. The van der Waals surface area contributed by atoms with E-state index in [0.29, 0.717) is 11.0 Å². The molecule has 19 heavy (non-hydrogen) atoms. The van der Waals surface area contributed by atoms with Crippen molar-refractivity contribution < 1.29 is 0 Å². The summed E-state index contributed by atoms with van der Waals surface area (Å²) in [5.74, 6) is 0.744. The highest BCUT2D eigenvalue weighted by molar-refractivity contribution is 9.18. The van der Waals surface area contributed by atoms with E-state index in [-0.39, 0.29) is 6.04 Å². The molecule has 3 N–H and O–H groups in total. The van der Waals surface area contributed by atoms with Crippen LogP contribution < -0.4 is 11.1 Å². The summed E-state index contributed by atoms with van der Waals surface area (Å²) >= 11 is 3.45. The fraction of sp³-hybridized carbons (Fsp3) is 0.571. The van der Waals surface area contributed by atoms with Gasteiger partial charge in [-0.3, -0.25) is 9.98 Å². The molecule has 0 bridgehead atoms. The Bertz CT molecular complexity index is 406. The molecule has 108 valence electrons. The highest BCUT2D eigenvalue weighted by Gasteiger charge is 2.16. The molecular formula is C14H25BrN4. The third-order valence-corrected chi connectivity index (χ3v) is 3.30. The van der Waals surface area contributed by atoms with Crippen LogP contribution in [-0.2, 0) is 0 Å². The summed E-state index contributed by atoms with van der Waals surface area (Å²) in [6, 6.07) is 0.271. The van der Waals surface area contributed by atoms with Gasteiger partial charge in [-0.15, -0.1) is 0 Å². The predicted molar refractivity (Wildman–Crippen MR) is 89.2 cm³/mol. The molecule has 0 unspecified atom stereocenters. The Morgan fingerprint density at radius 1 is 1.32 bits per heavy atom. The van der Waals surface area contributed by atoms with E-state index in [0.717, 1.165) is 29.1 Å². The van der Waals surface area contributed by atoms with E-state index in [2.05, 4.69) is 58.6 Å². The SMILES string of the molecule is C=C(CC)C/C(N)=C(/C(Br)=NC)C(=NC)NC(C)C. The maximum Gasteiger partial charge on any atom is 0.132 e. The average Bonchev–Trinajstić information content (AvgIpc) is 2.36. The van der Waals surface area contributed by atoms with Gasteiger partial charge in [0.05, 0.1) is 5.57 Å². The van der Waals surface area contributed by atoms with Crippen LogP contribution in [0.3, 0.4) is 0 Å². The lowest BCUT2D eigenvalue weighted by molar-refractivity contribution is 0.732. The van der Waals surface area contributed by atoms with Crippen molar-refractivity contribution in [1.29, 1.82) is 0 Å². The van der Waals surface area contributed by atoms with Crippen LogP contribution in [0.4, 0.5) is 0 Å². The van der Waals surface area contributed by atoms with Gasteiger partial charge >= 0.3 is 0 Å². The molecule has 0 radical (unpaired) electrons. The Morgan fingerprint density at radius 3 is 2.26 bits per heavy atom. The predicted octanol–water partition coefficient (Wildman–Crippen LogP) is 3.01. The first kappa shape index (κ1) is 17.9. The van der Waals surface area contributed by atoms with Crippen LogP contribution in [0.25, 0.3) is 0 Å². The Kier molecular flexibility index (Phi) is 8.39. The Hall–Kier alpha value is -1.10. The Labute approximate surface area is 125 Å². The normalized spacial score (nSPS) is 14.5. The monoisotopic (exact) mass is 328 g/mol. The number of aliphatic imine (C=N–C) groups is 2. The van der Waals surface area contributed by atoms with E-state index in [1.54, 1.807) is 14.1 Å². The summed E-state index contributed by atoms with van der Waals surface area (Å²) in [6.45, 7) is 10.2. The number of rotatable bonds is 6. The van der Waals surface area contributed by atoms with Gasteiger partial charge in [0.25, 0.3) is 0 Å². The first-order valence-corrected chi connectivity index (χ1v) is 7.18. The largest absolute Gasteiger partial charge is 0.401 e. The maximum atomic E-state index is 6.21. The lowest BCUT2D eigenvalue weighted by atomic mass is 10.1. The quantitative estimate of drug-likeness (QED) is 0.447. The molecule has 0 aromatic heterocycles. The van der Waals surface area contributed by atoms with E-state index in [4.69, 9.17) is 5.73 Å². The topological polar surface area (TPSA) is 62.8 Å². The zero-order valence-corrected chi connectivity index (χ0v) is 14.1. The molecule has 0 saturated heterocycles. The molecule has 0 heterocycles. The summed E-state index contributed by atoms with van der Waals surface area (Å²) in [4.78, 5) is 8.44. The minimum Gasteiger partial charge on any atom is -0.401 e. The van der Waals surface area contributed by atoms with Crippen molar-refractivity contribution in [1.82, 2.24) is 5.32 Å². The van der Waals surface area contributed by atoms with Crippen LogP contribution in [0.15, 0.2) is 33.4 Å². The van der Waals surface area contributed by atoms with Crippen molar-refractivity contribution in [2.75, 3.05) is 14.1 Å². The van der Waals surface area contributed by atoms with Gasteiger partial charge in [0.2, 0.25) is 0 Å². The number of hydrogen-bond donors (Lipinski definition) is 2. The number of nitrogens with two attached hydrogens (primary N) is 1. The van der Waals surface area contributed by atoms with Crippen molar-refractivity contribution in [3.8, 4) is 0 Å². The summed E-state index contributed by atoms with van der Waals surface area (Å²) < 4.78 is 0.697. The molecule has 0 amide bonds. The minimum absolute atomic E-state index is 0.271. The lowest BCUT2D eigenvalue weighted by Crippen LogP contribution is -2.34. The maximum absolute atomic E-state index is 6.21. The van der Waals surface area contributed by atoms with E-state index in [1.807, 2.05) is 0 Å². The van der Waals surface area contributed by atoms with Crippen molar-refractivity contribution in [3.05, 3.63) is 23.4 Å². The van der Waals surface area contributed by atoms with Crippen LogP contribution in [0.5, 0.6) is 0 Å². The number of nitrogens with zero attached hydrogens (tertiary/aromatic N) is 2. The van der Waals surface area contributed by atoms with Crippen molar-refractivity contribution in [2.24, 2.45) is 15.7 Å². The smallest absolute Gasteiger partial charge is 0.132 e. The molecule has 0 aromatic rings. The Balaban J connectivity index is 5.54. The van der Waals surface area contributed by atoms with Crippen LogP contribution in [0.2, 0.25) is 0 Å². The van der Waals surface area contributed by atoms with E-state index < -0.39 is 0 Å². The summed E-state index contributed by atoms with van der Waals surface area (Å²) in [7, 11) is 3.46. The van der Waals surface area contributed by atoms with E-state index in [9.17, 15) is 0 Å². The van der Waals surface area contributed by atoms with E-state index in [1.165, 1.54) is 0 Å². The zero-order valence-electron chi connectivity index (χ0n) is 12.5. The van der Waals surface area contributed by atoms with Gasteiger partial charge in [-0.2, -0.15) is 0 Å². The molecule has 5 heteroatoms. The van der Waals surface area contributed by atoms with E-state index >= 15 is 0 Å². The molecule has 0 rings (SSSR count). The van der Waals surface area contributed by atoms with Crippen LogP contribution >= 0.6 is 15.9 Å². The third kappa shape index (κ3) is 6.05. The van der Waals surface area contributed by atoms with Gasteiger partial charge in [-0.25, -0.2) is 0 Å². The average molecular weight is 329 g/mol. The first-order valence-electron chi connectivity index (χ1n) is 6.38. The second-order valence-electron chi connectivity index (χ2n) is 4.57. The van der Waals surface area contributed by atoms with Gasteiger partial charge in [-0.05, 0) is 36.2 Å². The number of halogens is 1. The van der Waals surface area contributed by atoms with Gasteiger partial charge in [-0.1, -0.05) is 19.1 Å². The van der Waals surface area contributed by atoms with Gasteiger partial charge < -0.3 is 11.1 Å². The van der Waals surface area contributed by atoms with Gasteiger partial charge in [0.1, 0.15) is 10.5 Å². The molecule has 0 aliphatic heterocycles. The van der Waals surface area contributed by atoms with Crippen molar-refractivity contribution in [3.63, 3.8) is 0 Å². The molecule has 0 aliphatic rings. The molecule has 0 atom stereocenters. The van der Waals surface area contributed by atoms with Crippen molar-refractivity contribution >= 4 is 26.4 Å². The molecule has 0 spiro atoms. The first-order chi connectivity index (χ1) is 8.87. The third-order valence-electron chi connectivity index (χ3n) is 2.55. The second-order valence-corrected chi connectivity index (χ2v) is 5.32. The number of allylic oxidation sites excluding steroid dienone is 1. The molecule has 0 aromatic carbocycles. The Morgan fingerprint density at radius 2 is 1.89 bits per heavy atom. The number of hydrogen-bond acceptors (Lipinski definition) is 3. The minimum atomic E-state index is 0.271. The van der Waals surface area contributed by atoms with Crippen LogP contribution in [-0.4, -0.2) is 30.6 Å².